The lowest BCUT2D eigenvalue weighted by Crippen LogP contribution is -2.25. The minimum absolute atomic E-state index is 0.108. The topological polar surface area (TPSA) is 89.3 Å². The minimum Gasteiger partial charge on any atom is -0.258 e. The first-order valence-electron chi connectivity index (χ1n) is 4.88. The van der Waals surface area contributed by atoms with E-state index in [4.69, 9.17) is 11.6 Å². The highest BCUT2D eigenvalue weighted by Gasteiger charge is 2.20. The molecule has 0 spiro atoms. The molecule has 0 unspecified atom stereocenters. The summed E-state index contributed by atoms with van der Waals surface area (Å²) in [6.07, 6.45) is 0.421. The maximum absolute atomic E-state index is 13.0. The van der Waals surface area contributed by atoms with Crippen LogP contribution in [0.15, 0.2) is 23.1 Å². The molecule has 0 atom stereocenters. The van der Waals surface area contributed by atoms with Crippen LogP contribution in [0.3, 0.4) is 0 Å². The van der Waals surface area contributed by atoms with Gasteiger partial charge < -0.3 is 0 Å². The van der Waals surface area contributed by atoms with Gasteiger partial charge in [0.05, 0.1) is 9.82 Å². The van der Waals surface area contributed by atoms with Crippen molar-refractivity contribution in [2.24, 2.45) is 0 Å². The van der Waals surface area contributed by atoms with Crippen molar-refractivity contribution in [1.29, 1.82) is 0 Å². The number of nitro groups is 1. The summed E-state index contributed by atoms with van der Waals surface area (Å²) in [5.41, 5.74) is -0.879. The van der Waals surface area contributed by atoms with Crippen LogP contribution in [-0.2, 0) is 10.0 Å². The molecule has 18 heavy (non-hydrogen) atoms. The molecule has 0 heterocycles. The van der Waals surface area contributed by atoms with Crippen molar-refractivity contribution in [2.75, 3.05) is 12.4 Å². The molecule has 1 rings (SSSR count). The number of halogens is 2. The lowest BCUT2D eigenvalue weighted by Gasteiger charge is -2.05. The van der Waals surface area contributed by atoms with Gasteiger partial charge in [0.2, 0.25) is 15.8 Å². The van der Waals surface area contributed by atoms with Crippen molar-refractivity contribution in [2.45, 2.75) is 11.3 Å². The molecule has 0 aliphatic carbocycles. The van der Waals surface area contributed by atoms with Gasteiger partial charge in [0.15, 0.2) is 0 Å². The monoisotopic (exact) mass is 296 g/mol. The zero-order valence-electron chi connectivity index (χ0n) is 9.10. The van der Waals surface area contributed by atoms with Gasteiger partial charge >= 0.3 is 5.69 Å². The third-order valence-electron chi connectivity index (χ3n) is 2.03. The Morgan fingerprint density at radius 1 is 1.44 bits per heavy atom. The molecule has 0 bridgehead atoms. The van der Waals surface area contributed by atoms with Crippen LogP contribution < -0.4 is 4.72 Å². The largest absolute Gasteiger partial charge is 0.306 e. The number of nitrogens with one attached hydrogen (secondary N) is 1. The molecule has 0 fully saturated rings. The zero-order valence-corrected chi connectivity index (χ0v) is 10.7. The van der Waals surface area contributed by atoms with Crippen molar-refractivity contribution < 1.29 is 17.7 Å². The molecule has 0 aliphatic heterocycles. The lowest BCUT2D eigenvalue weighted by molar-refractivity contribution is -0.387. The van der Waals surface area contributed by atoms with Gasteiger partial charge in [-0.3, -0.25) is 10.1 Å². The highest BCUT2D eigenvalue weighted by Crippen LogP contribution is 2.21. The standard InChI is InChI=1S/C9H10ClFN2O4S/c10-4-1-5-12-18(16,17)7-2-3-8(11)9(6-7)13(14)15/h2-3,6,12H,1,4-5H2. The second-order valence-corrected chi connectivity index (χ2v) is 5.46. The SMILES string of the molecule is O=[N+]([O-])c1cc(S(=O)(=O)NCCCCl)ccc1F. The molecular formula is C9H10ClFN2O4S. The van der Waals surface area contributed by atoms with Gasteiger partial charge in [-0.2, -0.15) is 4.39 Å². The zero-order chi connectivity index (χ0) is 13.8. The fraction of sp³-hybridized carbons (Fsp3) is 0.333. The molecule has 0 amide bonds. The molecule has 0 saturated heterocycles. The molecule has 9 heteroatoms. The van der Waals surface area contributed by atoms with Gasteiger partial charge in [-0.15, -0.1) is 11.6 Å². The number of hydrogen-bond acceptors (Lipinski definition) is 4. The molecule has 1 N–H and O–H groups in total. The van der Waals surface area contributed by atoms with E-state index in [1.165, 1.54) is 0 Å². The van der Waals surface area contributed by atoms with Crippen LogP contribution in [0.25, 0.3) is 0 Å². The Hall–Kier alpha value is -1.25. The third kappa shape index (κ3) is 3.62. The number of nitrogens with zero attached hydrogens (tertiary/aromatic N) is 1. The third-order valence-corrected chi connectivity index (χ3v) is 3.75. The van der Waals surface area contributed by atoms with E-state index in [2.05, 4.69) is 4.72 Å². The number of benzene rings is 1. The number of sulfonamides is 1. The Labute approximate surface area is 108 Å². The molecular weight excluding hydrogens is 287 g/mol. The van der Waals surface area contributed by atoms with E-state index in [1.54, 1.807) is 0 Å². The normalized spacial score (nSPS) is 11.4. The fourth-order valence-electron chi connectivity index (χ4n) is 1.16. The average Bonchev–Trinajstić information content (AvgIpc) is 2.29. The van der Waals surface area contributed by atoms with Gasteiger partial charge in [-0.1, -0.05) is 0 Å². The molecule has 1 aromatic rings. The van der Waals surface area contributed by atoms with E-state index < -0.39 is 26.5 Å². The summed E-state index contributed by atoms with van der Waals surface area (Å²) in [6, 6.07) is 2.39. The van der Waals surface area contributed by atoms with Crippen molar-refractivity contribution in [3.63, 3.8) is 0 Å². The minimum atomic E-state index is -3.89. The van der Waals surface area contributed by atoms with Crippen molar-refractivity contribution in [3.8, 4) is 0 Å². The van der Waals surface area contributed by atoms with Crippen LogP contribution in [0.2, 0.25) is 0 Å². The van der Waals surface area contributed by atoms with Gasteiger partial charge in [0.1, 0.15) is 0 Å². The maximum atomic E-state index is 13.0. The molecule has 6 nitrogen and oxygen atoms in total. The summed E-state index contributed by atoms with van der Waals surface area (Å²) < 4.78 is 38.6. The summed E-state index contributed by atoms with van der Waals surface area (Å²) in [6.45, 7) is 0.108. The van der Waals surface area contributed by atoms with E-state index in [-0.39, 0.29) is 17.3 Å². The lowest BCUT2D eigenvalue weighted by atomic mass is 10.3. The molecule has 1 aromatic carbocycles. The molecule has 0 saturated carbocycles. The highest BCUT2D eigenvalue weighted by molar-refractivity contribution is 7.89. The van der Waals surface area contributed by atoms with Crippen molar-refractivity contribution in [1.82, 2.24) is 4.72 Å². The number of rotatable bonds is 6. The van der Waals surface area contributed by atoms with E-state index in [1.807, 2.05) is 0 Å². The summed E-state index contributed by atoms with van der Waals surface area (Å²) in [5.74, 6) is -0.800. The van der Waals surface area contributed by atoms with Crippen LogP contribution in [0.4, 0.5) is 10.1 Å². The Bertz CT molecular complexity index is 549. The van der Waals surface area contributed by atoms with Crippen LogP contribution in [0.1, 0.15) is 6.42 Å². The van der Waals surface area contributed by atoms with Crippen molar-refractivity contribution in [3.05, 3.63) is 34.1 Å². The Morgan fingerprint density at radius 2 is 2.11 bits per heavy atom. The first-order chi connectivity index (χ1) is 8.38. The van der Waals surface area contributed by atoms with Crippen LogP contribution in [0, 0.1) is 15.9 Å². The fourth-order valence-corrected chi connectivity index (χ4v) is 2.38. The number of alkyl halides is 1. The number of hydrogen-bond donors (Lipinski definition) is 1. The van der Waals surface area contributed by atoms with E-state index in [9.17, 15) is 22.9 Å². The highest BCUT2D eigenvalue weighted by atomic mass is 35.5. The summed E-state index contributed by atoms with van der Waals surface area (Å²) in [4.78, 5) is 9.16. The molecule has 100 valence electrons. The second-order valence-electron chi connectivity index (χ2n) is 3.31. The molecule has 0 aromatic heterocycles. The Balaban J connectivity index is 3.02. The van der Waals surface area contributed by atoms with E-state index >= 15 is 0 Å². The van der Waals surface area contributed by atoms with Gasteiger partial charge in [-0.25, -0.2) is 13.1 Å². The van der Waals surface area contributed by atoms with E-state index in [0.717, 1.165) is 12.1 Å². The Kier molecular flexibility index (Phi) is 5.00. The summed E-state index contributed by atoms with van der Waals surface area (Å²) in [5, 5.41) is 10.5. The molecule has 0 radical (unpaired) electrons. The smallest absolute Gasteiger partial charge is 0.258 e. The second kappa shape index (κ2) is 6.07. The summed E-state index contributed by atoms with van der Waals surface area (Å²) in [7, 11) is -3.89. The first-order valence-corrected chi connectivity index (χ1v) is 6.90. The van der Waals surface area contributed by atoms with Gasteiger partial charge in [-0.05, 0) is 18.6 Å². The Morgan fingerprint density at radius 3 is 2.67 bits per heavy atom. The number of nitro benzene ring substituents is 1. The van der Waals surface area contributed by atoms with Crippen LogP contribution in [0.5, 0.6) is 0 Å². The van der Waals surface area contributed by atoms with Gasteiger partial charge in [0.25, 0.3) is 0 Å². The van der Waals surface area contributed by atoms with Crippen LogP contribution >= 0.6 is 11.6 Å². The van der Waals surface area contributed by atoms with Crippen molar-refractivity contribution >= 4 is 27.3 Å². The first kappa shape index (κ1) is 14.8. The molecule has 0 aliphatic rings. The predicted octanol–water partition coefficient (Wildman–Crippen LogP) is 1.64. The predicted molar refractivity (Wildman–Crippen MR) is 63.6 cm³/mol. The van der Waals surface area contributed by atoms with E-state index in [0.29, 0.717) is 12.5 Å². The van der Waals surface area contributed by atoms with Crippen LogP contribution in [-0.4, -0.2) is 25.8 Å². The quantitative estimate of drug-likeness (QED) is 0.374. The van der Waals surface area contributed by atoms with Gasteiger partial charge in [0, 0.05) is 18.5 Å². The average molecular weight is 297 g/mol. The maximum Gasteiger partial charge on any atom is 0.306 e. The summed E-state index contributed by atoms with van der Waals surface area (Å²) >= 11 is 5.39.